The number of carbonyl (C=O) groups is 2. The van der Waals surface area contributed by atoms with Crippen LogP contribution in [0.25, 0.3) is 0 Å². The summed E-state index contributed by atoms with van der Waals surface area (Å²) in [5.41, 5.74) is 1.88. The average molecular weight is 489 g/mol. The molecule has 3 heterocycles. The van der Waals surface area contributed by atoms with Crippen LogP contribution in [-0.4, -0.2) is 46.6 Å². The first kappa shape index (κ1) is 25.6. The zero-order valence-corrected chi connectivity index (χ0v) is 21.3. The maximum absolute atomic E-state index is 12.8. The van der Waals surface area contributed by atoms with Crippen molar-refractivity contribution < 1.29 is 22.7 Å². The molecule has 1 aliphatic rings. The highest BCUT2D eigenvalue weighted by Gasteiger charge is 2.39. The fraction of sp³-hybridized carbons (Fsp3) is 0.500. The quantitative estimate of drug-likeness (QED) is 0.659. The summed E-state index contributed by atoms with van der Waals surface area (Å²) in [4.78, 5) is 36.0. The van der Waals surface area contributed by atoms with Crippen molar-refractivity contribution in [2.75, 3.05) is 5.75 Å². The Hall–Kier alpha value is -3.01. The zero-order chi connectivity index (χ0) is 25.3. The molecule has 2 amide bonds. The number of amides is 2. The molecular formula is C24H32N4O5S. The van der Waals surface area contributed by atoms with Gasteiger partial charge in [0.15, 0.2) is 9.84 Å². The molecule has 10 heteroatoms. The Morgan fingerprint density at radius 2 is 1.91 bits per heavy atom. The highest BCUT2D eigenvalue weighted by molar-refractivity contribution is 7.91. The van der Waals surface area contributed by atoms with Crippen molar-refractivity contribution >= 4 is 21.8 Å². The Labute approximate surface area is 200 Å². The van der Waals surface area contributed by atoms with Gasteiger partial charge in [0, 0.05) is 12.4 Å². The van der Waals surface area contributed by atoms with Crippen LogP contribution in [0.4, 0.5) is 4.79 Å². The third-order valence-electron chi connectivity index (χ3n) is 5.45. The van der Waals surface area contributed by atoms with E-state index in [0.717, 1.165) is 11.3 Å². The molecule has 0 saturated carbocycles. The molecule has 2 aromatic rings. The SMILES string of the molecule is CCS(=O)(=O)c1ccc(CNC(=O)c2cnc3c(c2)CN(C(=O)OC(C)(C)C)[C@@H]3C(C)C)nc1. The lowest BCUT2D eigenvalue weighted by molar-refractivity contribution is 0.0124. The third-order valence-corrected chi connectivity index (χ3v) is 7.17. The second kappa shape index (κ2) is 9.69. The second-order valence-electron chi connectivity index (χ2n) is 9.64. The van der Waals surface area contributed by atoms with Gasteiger partial charge in [-0.15, -0.1) is 0 Å². The van der Waals surface area contributed by atoms with Gasteiger partial charge in [-0.2, -0.15) is 0 Å². The first-order chi connectivity index (χ1) is 15.8. The number of hydrogen-bond donors (Lipinski definition) is 1. The third kappa shape index (κ3) is 5.72. The largest absolute Gasteiger partial charge is 0.444 e. The fourth-order valence-electron chi connectivity index (χ4n) is 3.78. The monoisotopic (exact) mass is 488 g/mol. The molecule has 3 rings (SSSR count). The highest BCUT2D eigenvalue weighted by Crippen LogP contribution is 2.38. The number of aromatic nitrogens is 2. The Balaban J connectivity index is 1.72. The van der Waals surface area contributed by atoms with Crippen LogP contribution >= 0.6 is 0 Å². The predicted molar refractivity (Wildman–Crippen MR) is 127 cm³/mol. The van der Waals surface area contributed by atoms with E-state index in [1.807, 2.05) is 34.6 Å². The number of pyridine rings is 2. The standard InChI is InChI=1S/C24H32N4O5S/c1-7-34(31,32)19-9-8-18(25-13-19)12-27-22(29)16-10-17-14-28(23(30)33-24(4,5)6)21(15(2)3)20(17)26-11-16/h8-11,13,15,21H,7,12,14H2,1-6H3,(H,27,29)/t21-/m1/s1. The highest BCUT2D eigenvalue weighted by atomic mass is 32.2. The van der Waals surface area contributed by atoms with Crippen molar-refractivity contribution in [2.24, 2.45) is 5.92 Å². The van der Waals surface area contributed by atoms with Gasteiger partial charge in [-0.25, -0.2) is 13.2 Å². The topological polar surface area (TPSA) is 119 Å². The van der Waals surface area contributed by atoms with E-state index in [2.05, 4.69) is 15.3 Å². The summed E-state index contributed by atoms with van der Waals surface area (Å²) in [5, 5.41) is 2.78. The predicted octanol–water partition coefficient (Wildman–Crippen LogP) is 3.65. The lowest BCUT2D eigenvalue weighted by Crippen LogP contribution is -2.37. The molecule has 34 heavy (non-hydrogen) atoms. The summed E-state index contributed by atoms with van der Waals surface area (Å²) in [6, 6.07) is 4.59. The van der Waals surface area contributed by atoms with Crippen LogP contribution in [0.3, 0.4) is 0 Å². The van der Waals surface area contributed by atoms with E-state index in [1.54, 1.807) is 24.0 Å². The summed E-state index contributed by atoms with van der Waals surface area (Å²) in [6.45, 7) is 11.5. The number of nitrogens with zero attached hydrogens (tertiary/aromatic N) is 3. The molecule has 184 valence electrons. The minimum Gasteiger partial charge on any atom is -0.444 e. The van der Waals surface area contributed by atoms with Gasteiger partial charge in [0.2, 0.25) is 0 Å². The van der Waals surface area contributed by atoms with Gasteiger partial charge < -0.3 is 10.1 Å². The van der Waals surface area contributed by atoms with Gasteiger partial charge in [-0.05, 0) is 50.5 Å². The number of carbonyl (C=O) groups excluding carboxylic acids is 2. The normalized spacial score (nSPS) is 15.9. The van der Waals surface area contributed by atoms with E-state index in [0.29, 0.717) is 17.8 Å². The van der Waals surface area contributed by atoms with E-state index in [4.69, 9.17) is 4.74 Å². The van der Waals surface area contributed by atoms with Crippen molar-refractivity contribution in [3.8, 4) is 0 Å². The first-order valence-corrected chi connectivity index (χ1v) is 12.9. The van der Waals surface area contributed by atoms with E-state index in [9.17, 15) is 18.0 Å². The van der Waals surface area contributed by atoms with Gasteiger partial charge in [0.05, 0.1) is 46.7 Å². The van der Waals surface area contributed by atoms with Crippen LogP contribution < -0.4 is 5.32 Å². The molecule has 0 radical (unpaired) electrons. The molecule has 0 bridgehead atoms. The van der Waals surface area contributed by atoms with Crippen LogP contribution in [0.2, 0.25) is 0 Å². The van der Waals surface area contributed by atoms with Crippen molar-refractivity contribution in [3.63, 3.8) is 0 Å². The second-order valence-corrected chi connectivity index (χ2v) is 11.9. The zero-order valence-electron chi connectivity index (χ0n) is 20.5. The molecule has 0 fully saturated rings. The van der Waals surface area contributed by atoms with Gasteiger partial charge in [0.1, 0.15) is 5.60 Å². The molecule has 9 nitrogen and oxygen atoms in total. The van der Waals surface area contributed by atoms with Gasteiger partial charge in [-0.1, -0.05) is 20.8 Å². The van der Waals surface area contributed by atoms with E-state index >= 15 is 0 Å². The van der Waals surface area contributed by atoms with Crippen LogP contribution in [0.15, 0.2) is 35.5 Å². The van der Waals surface area contributed by atoms with Crippen molar-refractivity contribution in [2.45, 2.75) is 71.2 Å². The van der Waals surface area contributed by atoms with Crippen molar-refractivity contribution in [1.29, 1.82) is 0 Å². The maximum Gasteiger partial charge on any atom is 0.411 e. The van der Waals surface area contributed by atoms with Gasteiger partial charge in [0.25, 0.3) is 5.91 Å². The molecular weight excluding hydrogens is 456 g/mol. The molecule has 1 aliphatic heterocycles. The Bertz CT molecular complexity index is 1170. The molecule has 2 aromatic heterocycles. The molecule has 0 unspecified atom stereocenters. The Kier molecular flexibility index (Phi) is 7.30. The number of sulfone groups is 1. The first-order valence-electron chi connectivity index (χ1n) is 11.3. The minimum absolute atomic E-state index is 0.000879. The van der Waals surface area contributed by atoms with E-state index in [1.165, 1.54) is 18.5 Å². The Morgan fingerprint density at radius 1 is 1.21 bits per heavy atom. The average Bonchev–Trinajstić information content (AvgIpc) is 3.16. The lowest BCUT2D eigenvalue weighted by Gasteiger charge is -2.30. The Morgan fingerprint density at radius 3 is 2.47 bits per heavy atom. The number of rotatable bonds is 6. The lowest BCUT2D eigenvalue weighted by atomic mass is 9.99. The van der Waals surface area contributed by atoms with Gasteiger partial charge >= 0.3 is 6.09 Å². The number of fused-ring (bicyclic) bond motifs is 1. The van der Waals surface area contributed by atoms with Gasteiger partial charge in [-0.3, -0.25) is 19.7 Å². The smallest absolute Gasteiger partial charge is 0.411 e. The summed E-state index contributed by atoms with van der Waals surface area (Å²) < 4.78 is 29.4. The van der Waals surface area contributed by atoms with Crippen LogP contribution in [0, 0.1) is 5.92 Å². The molecule has 1 N–H and O–H groups in total. The molecule has 0 aliphatic carbocycles. The number of hydrogen-bond acceptors (Lipinski definition) is 7. The van der Waals surface area contributed by atoms with Crippen LogP contribution in [0.5, 0.6) is 0 Å². The van der Waals surface area contributed by atoms with Crippen molar-refractivity contribution in [1.82, 2.24) is 20.2 Å². The van der Waals surface area contributed by atoms with Crippen LogP contribution in [0.1, 0.15) is 74.9 Å². The summed E-state index contributed by atoms with van der Waals surface area (Å²) in [5.74, 6) is -0.218. The minimum atomic E-state index is -3.32. The summed E-state index contributed by atoms with van der Waals surface area (Å²) >= 11 is 0. The molecule has 0 saturated heterocycles. The summed E-state index contributed by atoms with van der Waals surface area (Å²) in [7, 11) is -3.32. The molecule has 0 aromatic carbocycles. The number of nitrogens with one attached hydrogen (secondary N) is 1. The number of ether oxygens (including phenoxy) is 1. The molecule has 0 spiro atoms. The van der Waals surface area contributed by atoms with Crippen molar-refractivity contribution in [3.05, 3.63) is 53.1 Å². The summed E-state index contributed by atoms with van der Waals surface area (Å²) in [6.07, 6.45) is 2.40. The van der Waals surface area contributed by atoms with E-state index < -0.39 is 21.5 Å². The fourth-order valence-corrected chi connectivity index (χ4v) is 4.60. The van der Waals surface area contributed by atoms with Crippen LogP contribution in [-0.2, 0) is 27.7 Å². The van der Waals surface area contributed by atoms with E-state index in [-0.39, 0.29) is 35.1 Å². The molecule has 1 atom stereocenters. The maximum atomic E-state index is 12.8.